The molecule has 1 atom stereocenters. The van der Waals surface area contributed by atoms with Crippen LogP contribution in [0.5, 0.6) is 0 Å². The Labute approximate surface area is 177 Å². The molecule has 0 bridgehead atoms. The van der Waals surface area contributed by atoms with Crippen molar-refractivity contribution in [1.29, 1.82) is 0 Å². The summed E-state index contributed by atoms with van der Waals surface area (Å²) in [7, 11) is 1.58. The molecular formula is C17H17BrN8O2S. The Balaban J connectivity index is 1.54. The van der Waals surface area contributed by atoms with Gasteiger partial charge in [-0.05, 0) is 44.4 Å². The van der Waals surface area contributed by atoms with Gasteiger partial charge in [0.05, 0.1) is 5.69 Å². The maximum Gasteiger partial charge on any atom is 0.329 e. The number of para-hydroxylation sites is 1. The van der Waals surface area contributed by atoms with Gasteiger partial charge in [0.25, 0.3) is 5.56 Å². The van der Waals surface area contributed by atoms with Gasteiger partial charge in [-0.15, -0.1) is 5.10 Å². The maximum atomic E-state index is 12.3. The number of tetrazole rings is 1. The van der Waals surface area contributed by atoms with Crippen LogP contribution in [0.1, 0.15) is 6.92 Å². The summed E-state index contributed by atoms with van der Waals surface area (Å²) in [6.07, 6.45) is 0. The van der Waals surface area contributed by atoms with Gasteiger partial charge in [0.2, 0.25) is 5.16 Å². The molecule has 10 nitrogen and oxygen atoms in total. The first kappa shape index (κ1) is 19.6. The van der Waals surface area contributed by atoms with Crippen LogP contribution in [0.15, 0.2) is 49.8 Å². The van der Waals surface area contributed by atoms with E-state index in [1.807, 2.05) is 30.3 Å². The first-order valence-electron chi connectivity index (χ1n) is 8.77. The predicted molar refractivity (Wildman–Crippen MR) is 112 cm³/mol. The number of thioether (sulfide) groups is 1. The van der Waals surface area contributed by atoms with Crippen molar-refractivity contribution in [2.24, 2.45) is 13.0 Å². The van der Waals surface area contributed by atoms with Crippen LogP contribution in [0.2, 0.25) is 0 Å². The number of aromatic amines is 1. The van der Waals surface area contributed by atoms with Crippen molar-refractivity contribution in [3.05, 3.63) is 55.9 Å². The highest BCUT2D eigenvalue weighted by Gasteiger charge is 2.18. The lowest BCUT2D eigenvalue weighted by Crippen LogP contribution is -2.29. The van der Waals surface area contributed by atoms with Gasteiger partial charge in [-0.3, -0.25) is 14.3 Å². The Morgan fingerprint density at radius 2 is 2.00 bits per heavy atom. The lowest BCUT2D eigenvalue weighted by Gasteiger charge is -2.13. The van der Waals surface area contributed by atoms with Crippen LogP contribution in [0.3, 0.4) is 0 Å². The van der Waals surface area contributed by atoms with Crippen molar-refractivity contribution in [2.75, 3.05) is 5.75 Å². The van der Waals surface area contributed by atoms with Gasteiger partial charge in [0.1, 0.15) is 0 Å². The van der Waals surface area contributed by atoms with E-state index < -0.39 is 11.2 Å². The van der Waals surface area contributed by atoms with Gasteiger partial charge in [0.15, 0.2) is 15.9 Å². The lowest BCUT2D eigenvalue weighted by atomic mass is 10.2. The monoisotopic (exact) mass is 476 g/mol. The van der Waals surface area contributed by atoms with E-state index in [1.165, 1.54) is 16.3 Å². The molecule has 0 fully saturated rings. The number of halogens is 1. The van der Waals surface area contributed by atoms with Gasteiger partial charge < -0.3 is 4.57 Å². The summed E-state index contributed by atoms with van der Waals surface area (Å²) in [5, 5.41) is 12.6. The number of aryl methyl sites for hydroxylation is 1. The third-order valence-electron chi connectivity index (χ3n) is 4.39. The number of rotatable bonds is 6. The summed E-state index contributed by atoms with van der Waals surface area (Å²) in [4.78, 5) is 30.8. The molecule has 0 aliphatic heterocycles. The zero-order valence-corrected chi connectivity index (χ0v) is 18.0. The molecule has 1 aromatic carbocycles. The van der Waals surface area contributed by atoms with E-state index in [1.54, 1.807) is 16.3 Å². The first-order chi connectivity index (χ1) is 14.0. The van der Waals surface area contributed by atoms with Crippen molar-refractivity contribution in [3.63, 3.8) is 0 Å². The highest BCUT2D eigenvalue weighted by molar-refractivity contribution is 9.10. The quantitative estimate of drug-likeness (QED) is 0.331. The van der Waals surface area contributed by atoms with E-state index in [4.69, 9.17) is 0 Å². The molecule has 0 saturated carbocycles. The summed E-state index contributed by atoms with van der Waals surface area (Å²) in [5.41, 5.74) is 0.664. The van der Waals surface area contributed by atoms with E-state index in [2.05, 4.69) is 48.3 Å². The molecule has 0 amide bonds. The molecule has 3 heterocycles. The summed E-state index contributed by atoms with van der Waals surface area (Å²) in [6.45, 7) is 2.61. The number of nitrogens with one attached hydrogen (secondary N) is 1. The second-order valence-corrected chi connectivity index (χ2v) is 8.30. The Morgan fingerprint density at radius 1 is 1.24 bits per heavy atom. The van der Waals surface area contributed by atoms with Crippen molar-refractivity contribution in [1.82, 2.24) is 39.3 Å². The van der Waals surface area contributed by atoms with E-state index in [0.29, 0.717) is 27.6 Å². The number of hydrogen-bond acceptors (Lipinski definition) is 7. The zero-order valence-electron chi connectivity index (χ0n) is 15.6. The van der Waals surface area contributed by atoms with E-state index in [0.717, 1.165) is 11.4 Å². The highest BCUT2D eigenvalue weighted by atomic mass is 79.9. The number of imidazole rings is 1. The van der Waals surface area contributed by atoms with Crippen LogP contribution in [0.4, 0.5) is 0 Å². The average Bonchev–Trinajstić information content (AvgIpc) is 3.30. The van der Waals surface area contributed by atoms with E-state index in [9.17, 15) is 9.59 Å². The molecule has 4 aromatic rings. The van der Waals surface area contributed by atoms with Crippen LogP contribution >= 0.6 is 27.7 Å². The third-order valence-corrected chi connectivity index (χ3v) is 6.25. The fourth-order valence-electron chi connectivity index (χ4n) is 2.96. The molecule has 1 N–H and O–H groups in total. The van der Waals surface area contributed by atoms with Crippen LogP contribution in [0.25, 0.3) is 16.9 Å². The number of fused-ring (bicyclic) bond motifs is 1. The van der Waals surface area contributed by atoms with Crippen LogP contribution < -0.4 is 11.2 Å². The van der Waals surface area contributed by atoms with Crippen LogP contribution in [0, 0.1) is 5.92 Å². The minimum Gasteiger partial charge on any atom is -0.312 e. The molecule has 0 radical (unpaired) electrons. The SMILES string of the molecule is C[C@H](CSc1nnnn1-c1ccccc1)Cn1c(Br)nc2c1c(=O)[nH]c(=O)n2C. The topological polar surface area (TPSA) is 116 Å². The molecule has 29 heavy (non-hydrogen) atoms. The Kier molecular flexibility index (Phi) is 5.37. The fourth-order valence-corrected chi connectivity index (χ4v) is 4.34. The molecule has 0 spiro atoms. The van der Waals surface area contributed by atoms with Crippen molar-refractivity contribution >= 4 is 38.9 Å². The molecule has 0 aliphatic rings. The standard InChI is InChI=1S/C17H17BrN8O2S/c1-10(9-29-17-21-22-23-26(17)11-6-4-3-5-7-11)8-25-12-13(19-15(25)18)24(2)16(28)20-14(12)27/h3-7,10H,8-9H2,1-2H3,(H,20,27,28)/t10-/m0/s1. The normalized spacial score (nSPS) is 12.5. The van der Waals surface area contributed by atoms with Gasteiger partial charge in [-0.2, -0.15) is 4.68 Å². The van der Waals surface area contributed by atoms with Crippen LogP contribution in [-0.4, -0.2) is 45.1 Å². The second kappa shape index (κ2) is 7.95. The fraction of sp³-hybridized carbons (Fsp3) is 0.294. The first-order valence-corrected chi connectivity index (χ1v) is 10.5. The molecule has 12 heteroatoms. The van der Waals surface area contributed by atoms with Gasteiger partial charge in [-0.25, -0.2) is 9.78 Å². The minimum absolute atomic E-state index is 0.172. The molecule has 150 valence electrons. The number of aromatic nitrogens is 8. The third kappa shape index (κ3) is 3.77. The highest BCUT2D eigenvalue weighted by Crippen LogP contribution is 2.23. The predicted octanol–water partition coefficient (Wildman–Crippen LogP) is 1.59. The van der Waals surface area contributed by atoms with Gasteiger partial charge >= 0.3 is 5.69 Å². The molecule has 3 aromatic heterocycles. The lowest BCUT2D eigenvalue weighted by molar-refractivity contribution is 0.531. The van der Waals surface area contributed by atoms with Gasteiger partial charge in [-0.1, -0.05) is 36.9 Å². The molecular weight excluding hydrogens is 460 g/mol. The minimum atomic E-state index is -0.490. The van der Waals surface area contributed by atoms with Gasteiger partial charge in [0, 0.05) is 19.3 Å². The number of H-pyrrole nitrogens is 1. The summed E-state index contributed by atoms with van der Waals surface area (Å²) in [5.74, 6) is 0.898. The maximum absolute atomic E-state index is 12.3. The Bertz CT molecular complexity index is 1280. The van der Waals surface area contributed by atoms with Crippen LogP contribution in [-0.2, 0) is 13.6 Å². The number of benzene rings is 1. The van der Waals surface area contributed by atoms with E-state index in [-0.39, 0.29) is 5.92 Å². The smallest absolute Gasteiger partial charge is 0.312 e. The van der Waals surface area contributed by atoms with Crippen molar-refractivity contribution in [2.45, 2.75) is 18.6 Å². The van der Waals surface area contributed by atoms with Crippen molar-refractivity contribution in [3.8, 4) is 5.69 Å². The number of hydrogen-bond donors (Lipinski definition) is 1. The Hall–Kier alpha value is -2.73. The molecule has 4 rings (SSSR count). The summed E-state index contributed by atoms with van der Waals surface area (Å²) >= 11 is 4.94. The second-order valence-electron chi connectivity index (χ2n) is 6.61. The Morgan fingerprint density at radius 3 is 2.76 bits per heavy atom. The van der Waals surface area contributed by atoms with E-state index >= 15 is 0 Å². The molecule has 0 aliphatic carbocycles. The molecule has 0 saturated heterocycles. The zero-order chi connectivity index (χ0) is 20.5. The number of nitrogens with zero attached hydrogens (tertiary/aromatic N) is 7. The molecule has 0 unspecified atom stereocenters. The average molecular weight is 477 g/mol. The summed E-state index contributed by atoms with van der Waals surface area (Å²) in [6, 6.07) is 9.68. The largest absolute Gasteiger partial charge is 0.329 e. The van der Waals surface area contributed by atoms with Crippen molar-refractivity contribution < 1.29 is 0 Å². The summed E-state index contributed by atoms with van der Waals surface area (Å²) < 4.78 is 5.30.